The number of Topliss-reactive ketones (excluding diaryl/α,β-unsaturated/α-hetero) is 1. The molecule has 0 saturated heterocycles. The monoisotopic (exact) mass is 314 g/mol. The lowest BCUT2D eigenvalue weighted by Gasteiger charge is -2.09. The third kappa shape index (κ3) is 3.29. The summed E-state index contributed by atoms with van der Waals surface area (Å²) in [5, 5.41) is 8.27. The largest absolute Gasteiger partial charge is 0.483 e. The molecule has 1 aromatic carbocycles. The maximum absolute atomic E-state index is 11.6. The van der Waals surface area contributed by atoms with E-state index in [2.05, 4.69) is 10.2 Å². The lowest BCUT2D eigenvalue weighted by Crippen LogP contribution is -2.02. The molecular weight excluding hydrogens is 303 g/mol. The molecular formula is C13H12Cl2N2O3. The molecule has 1 aromatic heterocycles. The van der Waals surface area contributed by atoms with Gasteiger partial charge in [-0.1, -0.05) is 30.1 Å². The van der Waals surface area contributed by atoms with Gasteiger partial charge in [0.2, 0.25) is 5.89 Å². The molecule has 5 nitrogen and oxygen atoms in total. The van der Waals surface area contributed by atoms with Crippen LogP contribution >= 0.6 is 23.2 Å². The van der Waals surface area contributed by atoms with Crippen molar-refractivity contribution < 1.29 is 13.9 Å². The van der Waals surface area contributed by atoms with Crippen LogP contribution in [0.3, 0.4) is 0 Å². The number of aryl methyl sites for hydroxylation is 1. The van der Waals surface area contributed by atoms with Gasteiger partial charge >= 0.3 is 0 Å². The normalized spacial score (nSPS) is 10.6. The van der Waals surface area contributed by atoms with Crippen LogP contribution in [0.2, 0.25) is 10.0 Å². The van der Waals surface area contributed by atoms with Crippen molar-refractivity contribution >= 4 is 29.0 Å². The molecule has 0 aliphatic rings. The molecule has 7 heteroatoms. The number of hydrogen-bond donors (Lipinski definition) is 0. The number of carbonyl (C=O) groups excluding carboxylic acids is 1. The van der Waals surface area contributed by atoms with Gasteiger partial charge in [0, 0.05) is 12.5 Å². The Balaban J connectivity index is 2.20. The number of halogens is 2. The first-order valence-corrected chi connectivity index (χ1v) is 6.71. The lowest BCUT2D eigenvalue weighted by atomic mass is 10.1. The minimum atomic E-state index is -0.168. The Hall–Kier alpha value is -1.59. The van der Waals surface area contributed by atoms with E-state index in [0.717, 1.165) is 0 Å². The summed E-state index contributed by atoms with van der Waals surface area (Å²) < 4.78 is 10.8. The number of carbonyl (C=O) groups is 1. The first-order valence-electron chi connectivity index (χ1n) is 5.95. The van der Waals surface area contributed by atoms with E-state index in [1.807, 2.05) is 6.92 Å². The van der Waals surface area contributed by atoms with Crippen LogP contribution in [-0.4, -0.2) is 16.0 Å². The van der Waals surface area contributed by atoms with Crippen molar-refractivity contribution in [2.45, 2.75) is 26.9 Å². The summed E-state index contributed by atoms with van der Waals surface area (Å²) in [6, 6.07) is 2.98. The number of benzene rings is 1. The molecule has 0 bridgehead atoms. The molecule has 0 atom stereocenters. The fourth-order valence-corrected chi connectivity index (χ4v) is 1.87. The van der Waals surface area contributed by atoms with Crippen LogP contribution in [-0.2, 0) is 13.0 Å². The fourth-order valence-electron chi connectivity index (χ4n) is 1.55. The van der Waals surface area contributed by atoms with E-state index in [1.165, 1.54) is 19.1 Å². The molecule has 106 valence electrons. The second-order valence-electron chi connectivity index (χ2n) is 4.05. The summed E-state index contributed by atoms with van der Waals surface area (Å²) in [6.07, 6.45) is 0.651. The van der Waals surface area contributed by atoms with Crippen molar-refractivity contribution in [2.75, 3.05) is 0 Å². The van der Waals surface area contributed by atoms with Gasteiger partial charge in [0.25, 0.3) is 5.89 Å². The number of hydrogen-bond acceptors (Lipinski definition) is 5. The Bertz CT molecular complexity index is 641. The Morgan fingerprint density at radius 3 is 2.50 bits per heavy atom. The number of nitrogens with zero attached hydrogens (tertiary/aromatic N) is 2. The number of aromatic nitrogens is 2. The maximum Gasteiger partial charge on any atom is 0.253 e. The standard InChI is InChI=1S/C13H12Cl2N2O3/c1-3-12-16-17-13(20-12)6-19-11-5-10(15)9(14)4-8(11)7(2)18/h4-5H,3,6H2,1-2H3. The predicted molar refractivity (Wildman–Crippen MR) is 74.5 cm³/mol. The van der Waals surface area contributed by atoms with Gasteiger partial charge < -0.3 is 9.15 Å². The van der Waals surface area contributed by atoms with E-state index in [1.54, 1.807) is 0 Å². The second-order valence-corrected chi connectivity index (χ2v) is 4.86. The van der Waals surface area contributed by atoms with Crippen molar-refractivity contribution in [3.63, 3.8) is 0 Å². The first kappa shape index (κ1) is 14.8. The minimum absolute atomic E-state index is 0.0608. The van der Waals surface area contributed by atoms with E-state index in [9.17, 15) is 4.79 Å². The molecule has 0 aliphatic heterocycles. The average Bonchev–Trinajstić information content (AvgIpc) is 2.87. The van der Waals surface area contributed by atoms with Crippen LogP contribution in [0.5, 0.6) is 5.75 Å². The van der Waals surface area contributed by atoms with Gasteiger partial charge in [-0.15, -0.1) is 10.2 Å². The molecule has 2 rings (SSSR count). The molecule has 0 fully saturated rings. The van der Waals surface area contributed by atoms with Crippen LogP contribution in [0.15, 0.2) is 16.5 Å². The van der Waals surface area contributed by atoms with E-state index in [0.29, 0.717) is 39.6 Å². The summed E-state index contributed by atoms with van der Waals surface area (Å²) in [4.78, 5) is 11.6. The van der Waals surface area contributed by atoms with Crippen molar-refractivity contribution in [3.05, 3.63) is 39.5 Å². The highest BCUT2D eigenvalue weighted by Crippen LogP contribution is 2.31. The van der Waals surface area contributed by atoms with Crippen LogP contribution in [0, 0.1) is 0 Å². The number of ketones is 1. The van der Waals surface area contributed by atoms with Gasteiger partial charge in [0.15, 0.2) is 12.4 Å². The van der Waals surface area contributed by atoms with Crippen molar-refractivity contribution in [1.82, 2.24) is 10.2 Å². The summed E-state index contributed by atoms with van der Waals surface area (Å²) in [6.45, 7) is 3.39. The van der Waals surface area contributed by atoms with Crippen molar-refractivity contribution in [2.24, 2.45) is 0 Å². The molecule has 0 unspecified atom stereocenters. The molecule has 0 aliphatic carbocycles. The fraction of sp³-hybridized carbons (Fsp3) is 0.308. The van der Waals surface area contributed by atoms with Crippen molar-refractivity contribution in [3.8, 4) is 5.75 Å². The highest BCUT2D eigenvalue weighted by Gasteiger charge is 2.14. The molecule has 20 heavy (non-hydrogen) atoms. The van der Waals surface area contributed by atoms with Gasteiger partial charge in [0.1, 0.15) is 5.75 Å². The summed E-state index contributed by atoms with van der Waals surface area (Å²) >= 11 is 11.8. The third-order valence-electron chi connectivity index (χ3n) is 2.56. The number of rotatable bonds is 5. The summed E-state index contributed by atoms with van der Waals surface area (Å²) in [7, 11) is 0. The zero-order chi connectivity index (χ0) is 14.7. The topological polar surface area (TPSA) is 65.2 Å². The molecule has 0 amide bonds. The Labute approximate surface area is 125 Å². The Morgan fingerprint density at radius 1 is 1.25 bits per heavy atom. The van der Waals surface area contributed by atoms with Gasteiger partial charge in [-0.3, -0.25) is 4.79 Å². The lowest BCUT2D eigenvalue weighted by molar-refractivity contribution is 0.101. The molecule has 0 N–H and O–H groups in total. The Kier molecular flexibility index (Phi) is 4.62. The third-order valence-corrected chi connectivity index (χ3v) is 3.29. The molecule has 1 heterocycles. The van der Waals surface area contributed by atoms with Gasteiger partial charge in [-0.05, 0) is 13.0 Å². The quantitative estimate of drug-likeness (QED) is 0.787. The Morgan fingerprint density at radius 2 is 1.90 bits per heavy atom. The highest BCUT2D eigenvalue weighted by molar-refractivity contribution is 6.42. The van der Waals surface area contributed by atoms with E-state index in [4.69, 9.17) is 32.4 Å². The van der Waals surface area contributed by atoms with Gasteiger partial charge in [-0.25, -0.2) is 0 Å². The van der Waals surface area contributed by atoms with Gasteiger partial charge in [0.05, 0.1) is 15.6 Å². The van der Waals surface area contributed by atoms with E-state index in [-0.39, 0.29) is 12.4 Å². The van der Waals surface area contributed by atoms with E-state index < -0.39 is 0 Å². The van der Waals surface area contributed by atoms with Crippen LogP contribution in [0.4, 0.5) is 0 Å². The second kappa shape index (κ2) is 6.24. The zero-order valence-corrected chi connectivity index (χ0v) is 12.5. The van der Waals surface area contributed by atoms with E-state index >= 15 is 0 Å². The molecule has 0 saturated carbocycles. The SMILES string of the molecule is CCc1nnc(COc2cc(Cl)c(Cl)cc2C(C)=O)o1. The predicted octanol–water partition coefficient (Wildman–Crippen LogP) is 3.72. The molecule has 0 radical (unpaired) electrons. The van der Waals surface area contributed by atoms with Gasteiger partial charge in [-0.2, -0.15) is 0 Å². The molecule has 0 spiro atoms. The van der Waals surface area contributed by atoms with Crippen LogP contribution in [0.25, 0.3) is 0 Å². The maximum atomic E-state index is 11.6. The summed E-state index contributed by atoms with van der Waals surface area (Å²) in [5.74, 6) is 1.04. The number of ether oxygens (including phenoxy) is 1. The smallest absolute Gasteiger partial charge is 0.253 e. The van der Waals surface area contributed by atoms with Crippen molar-refractivity contribution in [1.29, 1.82) is 0 Å². The summed E-state index contributed by atoms with van der Waals surface area (Å²) in [5.41, 5.74) is 0.356. The highest BCUT2D eigenvalue weighted by atomic mass is 35.5. The molecule has 2 aromatic rings. The average molecular weight is 315 g/mol. The van der Waals surface area contributed by atoms with Crippen LogP contribution in [0.1, 0.15) is 36.0 Å². The van der Waals surface area contributed by atoms with Crippen LogP contribution < -0.4 is 4.74 Å². The zero-order valence-electron chi connectivity index (χ0n) is 10.9. The first-order chi connectivity index (χ1) is 9.51. The minimum Gasteiger partial charge on any atom is -0.483 e.